The van der Waals surface area contributed by atoms with Gasteiger partial charge in [0, 0.05) is 0 Å². The number of carboxylic acid groups (broad SMARTS) is 1. The van der Waals surface area contributed by atoms with E-state index in [1.54, 1.807) is 12.1 Å². The molecule has 76 valence electrons. The highest BCUT2D eigenvalue weighted by Crippen LogP contribution is 2.17. The molecule has 0 spiro atoms. The number of phenolic OH excluding ortho intramolecular Hbond substituents is 1. The van der Waals surface area contributed by atoms with Crippen molar-refractivity contribution in [3.8, 4) is 5.75 Å². The molecule has 1 amide bonds. The van der Waals surface area contributed by atoms with Crippen LogP contribution in [0.4, 0.5) is 4.79 Å². The summed E-state index contributed by atoms with van der Waals surface area (Å²) in [5.41, 5.74) is 0.471. The van der Waals surface area contributed by atoms with E-state index in [1.165, 1.54) is 12.1 Å². The number of phenols is 1. The SMILES string of the molecule is O=C(O)NCC(O)c1cccc(O)c1. The van der Waals surface area contributed by atoms with Gasteiger partial charge in [-0.15, -0.1) is 0 Å². The molecule has 0 radical (unpaired) electrons. The Morgan fingerprint density at radius 1 is 1.50 bits per heavy atom. The molecule has 4 N–H and O–H groups in total. The molecule has 0 fully saturated rings. The number of rotatable bonds is 3. The van der Waals surface area contributed by atoms with E-state index in [2.05, 4.69) is 0 Å². The summed E-state index contributed by atoms with van der Waals surface area (Å²) in [5, 5.41) is 28.9. The maximum absolute atomic E-state index is 10.1. The van der Waals surface area contributed by atoms with Gasteiger partial charge in [-0.25, -0.2) is 4.79 Å². The van der Waals surface area contributed by atoms with Crippen LogP contribution in [0.15, 0.2) is 24.3 Å². The molecule has 1 unspecified atom stereocenters. The van der Waals surface area contributed by atoms with Crippen molar-refractivity contribution in [2.75, 3.05) is 6.54 Å². The average molecular weight is 197 g/mol. The van der Waals surface area contributed by atoms with E-state index in [9.17, 15) is 9.90 Å². The van der Waals surface area contributed by atoms with Crippen molar-refractivity contribution in [3.05, 3.63) is 29.8 Å². The van der Waals surface area contributed by atoms with Crippen LogP contribution >= 0.6 is 0 Å². The van der Waals surface area contributed by atoms with E-state index in [0.29, 0.717) is 5.56 Å². The second-order valence-corrected chi connectivity index (χ2v) is 2.80. The summed E-state index contributed by atoms with van der Waals surface area (Å²) in [4.78, 5) is 10.1. The van der Waals surface area contributed by atoms with Gasteiger partial charge in [-0.05, 0) is 17.7 Å². The quantitative estimate of drug-likeness (QED) is 0.574. The maximum atomic E-state index is 10.1. The predicted octanol–water partition coefficient (Wildman–Crippen LogP) is 0.693. The van der Waals surface area contributed by atoms with Gasteiger partial charge in [0.2, 0.25) is 0 Å². The van der Waals surface area contributed by atoms with Gasteiger partial charge in [0.25, 0.3) is 0 Å². The summed E-state index contributed by atoms with van der Waals surface area (Å²) in [6, 6.07) is 6.04. The van der Waals surface area contributed by atoms with Crippen LogP contribution in [0, 0.1) is 0 Å². The first-order chi connectivity index (χ1) is 6.59. The summed E-state index contributed by atoms with van der Waals surface area (Å²) in [6.07, 6.45) is -2.14. The van der Waals surface area contributed by atoms with Gasteiger partial charge < -0.3 is 20.6 Å². The highest BCUT2D eigenvalue weighted by Gasteiger charge is 2.08. The normalized spacial score (nSPS) is 12.1. The molecule has 1 rings (SSSR count). The van der Waals surface area contributed by atoms with E-state index in [4.69, 9.17) is 10.2 Å². The zero-order valence-corrected chi connectivity index (χ0v) is 7.34. The molecule has 5 heteroatoms. The van der Waals surface area contributed by atoms with E-state index >= 15 is 0 Å². The Morgan fingerprint density at radius 3 is 2.79 bits per heavy atom. The third-order valence-corrected chi connectivity index (χ3v) is 1.70. The molecule has 0 aromatic heterocycles. The maximum Gasteiger partial charge on any atom is 0.404 e. The summed E-state index contributed by atoms with van der Waals surface area (Å²) in [7, 11) is 0. The highest BCUT2D eigenvalue weighted by molar-refractivity contribution is 5.64. The molecule has 0 aliphatic carbocycles. The Labute approximate surface area is 80.6 Å². The molecule has 1 aromatic rings. The van der Waals surface area contributed by atoms with Crippen molar-refractivity contribution in [1.29, 1.82) is 0 Å². The third kappa shape index (κ3) is 2.95. The summed E-state index contributed by atoms with van der Waals surface area (Å²) in [6.45, 7) is -0.0984. The molecule has 0 aliphatic rings. The fraction of sp³-hybridized carbons (Fsp3) is 0.222. The van der Waals surface area contributed by atoms with Crippen LogP contribution < -0.4 is 5.32 Å². The lowest BCUT2D eigenvalue weighted by Gasteiger charge is -2.10. The number of amides is 1. The van der Waals surface area contributed by atoms with E-state index < -0.39 is 12.2 Å². The second kappa shape index (κ2) is 4.48. The van der Waals surface area contributed by atoms with Crippen molar-refractivity contribution in [1.82, 2.24) is 5.32 Å². The first kappa shape index (κ1) is 10.3. The molecule has 1 aromatic carbocycles. The molecule has 1 atom stereocenters. The zero-order chi connectivity index (χ0) is 10.6. The summed E-state index contributed by atoms with van der Waals surface area (Å²) in [5.74, 6) is 0.0388. The number of hydrogen-bond acceptors (Lipinski definition) is 3. The van der Waals surface area contributed by atoms with E-state index in [1.807, 2.05) is 5.32 Å². The molecule has 0 aliphatic heterocycles. The Bertz CT molecular complexity index is 326. The van der Waals surface area contributed by atoms with Gasteiger partial charge in [0.1, 0.15) is 5.75 Å². The van der Waals surface area contributed by atoms with Crippen molar-refractivity contribution < 1.29 is 20.1 Å². The number of nitrogens with one attached hydrogen (secondary N) is 1. The molecule has 0 bridgehead atoms. The van der Waals surface area contributed by atoms with Gasteiger partial charge in [0.15, 0.2) is 0 Å². The minimum atomic E-state index is -1.19. The van der Waals surface area contributed by atoms with Crippen LogP contribution in [-0.2, 0) is 0 Å². The minimum absolute atomic E-state index is 0.0388. The number of hydrogen-bond donors (Lipinski definition) is 4. The third-order valence-electron chi connectivity index (χ3n) is 1.70. The lowest BCUT2D eigenvalue weighted by molar-refractivity contribution is 0.159. The molecule has 0 saturated heterocycles. The minimum Gasteiger partial charge on any atom is -0.508 e. The lowest BCUT2D eigenvalue weighted by atomic mass is 10.1. The lowest BCUT2D eigenvalue weighted by Crippen LogP contribution is -2.26. The van der Waals surface area contributed by atoms with Crippen molar-refractivity contribution >= 4 is 6.09 Å². The smallest absolute Gasteiger partial charge is 0.404 e. The Balaban J connectivity index is 2.60. The fourth-order valence-corrected chi connectivity index (χ4v) is 1.03. The number of carbonyl (C=O) groups is 1. The van der Waals surface area contributed by atoms with Gasteiger partial charge >= 0.3 is 6.09 Å². The molecule has 0 heterocycles. The van der Waals surface area contributed by atoms with E-state index in [0.717, 1.165) is 0 Å². The second-order valence-electron chi connectivity index (χ2n) is 2.80. The monoisotopic (exact) mass is 197 g/mol. The van der Waals surface area contributed by atoms with Crippen LogP contribution in [-0.4, -0.2) is 28.0 Å². The van der Waals surface area contributed by atoms with Gasteiger partial charge in [-0.3, -0.25) is 0 Å². The highest BCUT2D eigenvalue weighted by atomic mass is 16.4. The fourth-order valence-electron chi connectivity index (χ4n) is 1.03. The van der Waals surface area contributed by atoms with Gasteiger partial charge in [0.05, 0.1) is 12.6 Å². The van der Waals surface area contributed by atoms with Crippen LogP contribution in [0.5, 0.6) is 5.75 Å². The van der Waals surface area contributed by atoms with Gasteiger partial charge in [-0.2, -0.15) is 0 Å². The number of aromatic hydroxyl groups is 1. The Kier molecular flexibility index (Phi) is 3.30. The first-order valence-electron chi connectivity index (χ1n) is 4.03. The van der Waals surface area contributed by atoms with Gasteiger partial charge in [-0.1, -0.05) is 12.1 Å². The Hall–Kier alpha value is -1.75. The number of aliphatic hydroxyl groups excluding tert-OH is 1. The molecular weight excluding hydrogens is 186 g/mol. The number of aliphatic hydroxyl groups is 1. The van der Waals surface area contributed by atoms with Crippen molar-refractivity contribution in [2.24, 2.45) is 0 Å². The summed E-state index contributed by atoms with van der Waals surface area (Å²) >= 11 is 0. The molecular formula is C9H11NO4. The zero-order valence-electron chi connectivity index (χ0n) is 7.34. The Morgan fingerprint density at radius 2 is 2.21 bits per heavy atom. The average Bonchev–Trinajstić information content (AvgIpc) is 2.14. The standard InChI is InChI=1S/C9H11NO4/c11-7-3-1-2-6(4-7)8(12)5-10-9(13)14/h1-4,8,10-12H,5H2,(H,13,14). The summed E-state index contributed by atoms with van der Waals surface area (Å²) < 4.78 is 0. The van der Waals surface area contributed by atoms with Crippen LogP contribution in [0.3, 0.4) is 0 Å². The largest absolute Gasteiger partial charge is 0.508 e. The molecule has 5 nitrogen and oxygen atoms in total. The van der Waals surface area contributed by atoms with E-state index in [-0.39, 0.29) is 12.3 Å². The topological polar surface area (TPSA) is 89.8 Å². The predicted molar refractivity (Wildman–Crippen MR) is 49.1 cm³/mol. The van der Waals surface area contributed by atoms with Crippen molar-refractivity contribution in [3.63, 3.8) is 0 Å². The molecule has 0 saturated carbocycles. The van der Waals surface area contributed by atoms with Crippen LogP contribution in [0.2, 0.25) is 0 Å². The number of benzene rings is 1. The first-order valence-corrected chi connectivity index (χ1v) is 4.03. The molecule has 14 heavy (non-hydrogen) atoms. The van der Waals surface area contributed by atoms with Crippen molar-refractivity contribution in [2.45, 2.75) is 6.10 Å². The van der Waals surface area contributed by atoms with Crippen LogP contribution in [0.1, 0.15) is 11.7 Å². The van der Waals surface area contributed by atoms with Crippen LogP contribution in [0.25, 0.3) is 0 Å².